The van der Waals surface area contributed by atoms with Gasteiger partial charge < -0.3 is 26.2 Å². The normalized spacial score (nSPS) is 29.8. The number of Topliss-reactive ketones (excluding diaryl/α,β-unsaturated/α-hetero) is 2. The highest BCUT2D eigenvalue weighted by Crippen LogP contribution is 2.53. The van der Waals surface area contributed by atoms with E-state index in [1.54, 1.807) is 27.1 Å². The molecule has 4 atom stereocenters. The van der Waals surface area contributed by atoms with Crippen LogP contribution in [-0.2, 0) is 20.8 Å². The third kappa shape index (κ3) is 2.78. The third-order valence-corrected chi connectivity index (χ3v) is 7.82. The van der Waals surface area contributed by atoms with Gasteiger partial charge >= 0.3 is 0 Å². The van der Waals surface area contributed by atoms with Crippen LogP contribution in [0, 0.1) is 22.3 Å². The predicted molar refractivity (Wildman–Crippen MR) is 122 cm³/mol. The summed E-state index contributed by atoms with van der Waals surface area (Å²) in [6.07, 6.45) is 0.372. The zero-order valence-electron chi connectivity index (χ0n) is 17.6. The van der Waals surface area contributed by atoms with E-state index in [0.717, 1.165) is 3.57 Å². The number of phenolic OH excluding ortho intramolecular Hbond substituents is 1. The minimum Gasteiger partial charge on any atom is -0.508 e. The highest BCUT2D eigenvalue weighted by atomic mass is 127. The van der Waals surface area contributed by atoms with Gasteiger partial charge in [-0.1, -0.05) is 0 Å². The van der Waals surface area contributed by atoms with Crippen LogP contribution in [0.25, 0.3) is 5.76 Å². The van der Waals surface area contributed by atoms with Gasteiger partial charge in [-0.15, -0.1) is 0 Å². The minimum absolute atomic E-state index is 0.0798. The number of nitrogens with two attached hydrogens (primary N) is 1. The van der Waals surface area contributed by atoms with Crippen molar-refractivity contribution in [3.05, 3.63) is 43.2 Å². The van der Waals surface area contributed by atoms with Gasteiger partial charge in [-0.3, -0.25) is 19.3 Å². The quantitative estimate of drug-likeness (QED) is 0.266. The fourth-order valence-corrected chi connectivity index (χ4v) is 6.35. The van der Waals surface area contributed by atoms with Gasteiger partial charge in [-0.25, -0.2) is 0 Å². The molecule has 1 aromatic rings. The summed E-state index contributed by atoms with van der Waals surface area (Å²) in [5.41, 5.74) is 3.01. The maximum atomic E-state index is 13.6. The first kappa shape index (κ1) is 22.7. The van der Waals surface area contributed by atoms with Gasteiger partial charge in [0.05, 0.1) is 11.6 Å². The molecule has 0 heterocycles. The molecular formula is C22H23IN2O7. The van der Waals surface area contributed by atoms with Gasteiger partial charge in [0.25, 0.3) is 5.91 Å². The summed E-state index contributed by atoms with van der Waals surface area (Å²) >= 11 is 2.10. The zero-order valence-corrected chi connectivity index (χ0v) is 19.8. The van der Waals surface area contributed by atoms with Gasteiger partial charge in [0.15, 0.2) is 11.4 Å². The minimum atomic E-state index is -2.61. The van der Waals surface area contributed by atoms with Gasteiger partial charge in [-0.05, 0) is 79.6 Å². The number of hydrogen-bond acceptors (Lipinski definition) is 8. The number of benzene rings is 1. The molecule has 3 aliphatic rings. The molecule has 4 rings (SSSR count). The second-order valence-electron chi connectivity index (χ2n) is 8.84. The van der Waals surface area contributed by atoms with Crippen molar-refractivity contribution in [2.75, 3.05) is 14.1 Å². The Bertz CT molecular complexity index is 1170. The number of primary amides is 1. The SMILES string of the molecule is Cc1cc(I)c2c(c1O)C(O)=C1C(=O)[C@]3(O)C(O)=C(C(N)=O)C(=O)[C@@H](N(C)C)[C@@H]3C[C@@H]1C2. The van der Waals surface area contributed by atoms with Crippen molar-refractivity contribution in [3.63, 3.8) is 0 Å². The summed E-state index contributed by atoms with van der Waals surface area (Å²) < 4.78 is 0.800. The van der Waals surface area contributed by atoms with E-state index in [9.17, 15) is 34.8 Å². The van der Waals surface area contributed by atoms with E-state index >= 15 is 0 Å². The fourth-order valence-electron chi connectivity index (χ4n) is 5.39. The molecule has 32 heavy (non-hydrogen) atoms. The number of ketones is 2. The lowest BCUT2D eigenvalue weighted by molar-refractivity contribution is -0.153. The number of aromatic hydroxyl groups is 1. The Morgan fingerprint density at radius 3 is 2.44 bits per heavy atom. The molecule has 0 bridgehead atoms. The van der Waals surface area contributed by atoms with E-state index in [4.69, 9.17) is 5.73 Å². The number of rotatable bonds is 2. The van der Waals surface area contributed by atoms with Gasteiger partial charge in [0.1, 0.15) is 22.8 Å². The number of aliphatic hydroxyl groups excluding tert-OH is 2. The van der Waals surface area contributed by atoms with E-state index < -0.39 is 58.0 Å². The van der Waals surface area contributed by atoms with Crippen molar-refractivity contribution in [1.29, 1.82) is 0 Å². The maximum Gasteiger partial charge on any atom is 0.255 e. The van der Waals surface area contributed by atoms with E-state index in [1.807, 2.05) is 0 Å². The number of hydrogen-bond donors (Lipinski definition) is 5. The van der Waals surface area contributed by atoms with Crippen LogP contribution in [0.15, 0.2) is 23.0 Å². The average Bonchev–Trinajstić information content (AvgIpc) is 2.68. The molecular weight excluding hydrogens is 531 g/mol. The Kier molecular flexibility index (Phi) is 5.18. The van der Waals surface area contributed by atoms with Crippen LogP contribution >= 0.6 is 22.6 Å². The highest BCUT2D eigenvalue weighted by molar-refractivity contribution is 14.1. The van der Waals surface area contributed by atoms with Crippen molar-refractivity contribution in [2.45, 2.75) is 31.4 Å². The van der Waals surface area contributed by atoms with Crippen molar-refractivity contribution in [1.82, 2.24) is 4.90 Å². The van der Waals surface area contributed by atoms with Crippen LogP contribution in [0.2, 0.25) is 0 Å². The van der Waals surface area contributed by atoms with E-state index in [2.05, 4.69) is 22.6 Å². The first-order chi connectivity index (χ1) is 14.8. The van der Waals surface area contributed by atoms with Gasteiger partial charge in [0, 0.05) is 15.1 Å². The summed E-state index contributed by atoms with van der Waals surface area (Å²) in [6.45, 7) is 1.66. The lowest BCUT2D eigenvalue weighted by atomic mass is 9.57. The highest BCUT2D eigenvalue weighted by Gasteiger charge is 2.64. The number of phenols is 1. The molecule has 1 fully saturated rings. The average molecular weight is 554 g/mol. The Balaban J connectivity index is 2.00. The molecule has 9 nitrogen and oxygen atoms in total. The number of carbonyl (C=O) groups is 3. The van der Waals surface area contributed by atoms with Crippen molar-refractivity contribution < 1.29 is 34.8 Å². The van der Waals surface area contributed by atoms with Crippen LogP contribution in [0.3, 0.4) is 0 Å². The first-order valence-corrected chi connectivity index (χ1v) is 11.1. The molecule has 0 unspecified atom stereocenters. The summed E-state index contributed by atoms with van der Waals surface area (Å²) in [5, 5.41) is 43.9. The number of fused-ring (bicyclic) bond motifs is 3. The van der Waals surface area contributed by atoms with Crippen LogP contribution < -0.4 is 5.73 Å². The van der Waals surface area contributed by atoms with E-state index in [0.29, 0.717) is 17.5 Å². The number of aryl methyl sites for hydroxylation is 1. The molecule has 1 amide bonds. The maximum absolute atomic E-state index is 13.6. The standard InChI is InChI=1S/C22H23IN2O7/c1-7-4-11(23)9-5-8-6-10-15(25(2)3)18(28)14(21(24)31)20(30)22(10,32)19(29)12(8)17(27)13(9)16(7)26/h4,8,10,15,26-27,30,32H,5-6H2,1-3H3,(H2,24,31)/t8-,10-,15-,22-/m0/s1. The predicted octanol–water partition coefficient (Wildman–Crippen LogP) is 0.877. The number of halogens is 1. The fraction of sp³-hybridized carbons (Fsp3) is 0.409. The lowest BCUT2D eigenvalue weighted by Crippen LogP contribution is -2.65. The molecule has 1 aromatic carbocycles. The Labute approximate surface area is 197 Å². The summed E-state index contributed by atoms with van der Waals surface area (Å²) in [5.74, 6) is -6.39. The second-order valence-corrected chi connectivity index (χ2v) is 10.0. The summed E-state index contributed by atoms with van der Waals surface area (Å²) in [7, 11) is 3.13. The molecule has 0 saturated heterocycles. The van der Waals surface area contributed by atoms with Crippen LogP contribution in [0.4, 0.5) is 0 Å². The monoisotopic (exact) mass is 554 g/mol. The van der Waals surface area contributed by atoms with E-state index in [-0.39, 0.29) is 23.3 Å². The van der Waals surface area contributed by atoms with Crippen LogP contribution in [0.1, 0.15) is 23.1 Å². The van der Waals surface area contributed by atoms with E-state index in [1.165, 1.54) is 4.90 Å². The third-order valence-electron chi connectivity index (χ3n) is 6.86. The Morgan fingerprint density at radius 1 is 1.25 bits per heavy atom. The topological polar surface area (TPSA) is 161 Å². The Morgan fingerprint density at radius 2 is 1.88 bits per heavy atom. The summed E-state index contributed by atoms with van der Waals surface area (Å²) in [4.78, 5) is 40.1. The van der Waals surface area contributed by atoms with Crippen LogP contribution in [0.5, 0.6) is 5.75 Å². The molecule has 3 aliphatic carbocycles. The molecule has 0 aromatic heterocycles. The van der Waals surface area contributed by atoms with Gasteiger partial charge in [0.2, 0.25) is 5.78 Å². The van der Waals surface area contributed by atoms with Gasteiger partial charge in [-0.2, -0.15) is 0 Å². The molecule has 6 N–H and O–H groups in total. The molecule has 170 valence electrons. The zero-order chi connectivity index (χ0) is 23.9. The number of aliphatic hydroxyl groups is 3. The first-order valence-electron chi connectivity index (χ1n) is 9.99. The van der Waals surface area contributed by atoms with Crippen molar-refractivity contribution in [2.24, 2.45) is 17.6 Å². The molecule has 1 saturated carbocycles. The number of amides is 1. The smallest absolute Gasteiger partial charge is 0.255 e. The number of likely N-dealkylation sites (N-methyl/N-ethyl adjacent to an activating group) is 1. The molecule has 0 spiro atoms. The number of carbonyl (C=O) groups excluding carboxylic acids is 3. The number of nitrogens with zero attached hydrogens (tertiary/aromatic N) is 1. The second kappa shape index (κ2) is 7.29. The molecule has 0 aliphatic heterocycles. The Hall–Kier alpha value is -2.44. The largest absolute Gasteiger partial charge is 0.508 e. The van der Waals surface area contributed by atoms with Crippen molar-refractivity contribution in [3.8, 4) is 5.75 Å². The van der Waals surface area contributed by atoms with Crippen LogP contribution in [-0.4, -0.2) is 68.5 Å². The lowest BCUT2D eigenvalue weighted by Gasteiger charge is -2.50. The summed E-state index contributed by atoms with van der Waals surface area (Å²) in [6, 6.07) is 0.687. The molecule has 0 radical (unpaired) electrons. The van der Waals surface area contributed by atoms with Crippen molar-refractivity contribution >= 4 is 45.8 Å². The molecule has 10 heteroatoms.